The first-order valence-corrected chi connectivity index (χ1v) is 13.3. The zero-order valence-corrected chi connectivity index (χ0v) is 24.6. The molecular formula is C32H32ClN3O5. The number of benzene rings is 4. The molecule has 9 heteroatoms. The fourth-order valence-corrected chi connectivity index (χ4v) is 4.88. The predicted molar refractivity (Wildman–Crippen MR) is 161 cm³/mol. The van der Waals surface area contributed by atoms with Crippen molar-refractivity contribution in [1.82, 2.24) is 0 Å². The van der Waals surface area contributed by atoms with Crippen LogP contribution in [0, 0.1) is 10.1 Å². The van der Waals surface area contributed by atoms with Crippen LogP contribution in [-0.4, -0.2) is 24.2 Å². The van der Waals surface area contributed by atoms with Crippen LogP contribution in [0.15, 0.2) is 89.1 Å². The van der Waals surface area contributed by atoms with E-state index in [1.54, 1.807) is 20.3 Å². The van der Waals surface area contributed by atoms with Gasteiger partial charge in [-0.15, -0.1) is 10.2 Å². The Morgan fingerprint density at radius 2 is 1.24 bits per heavy atom. The summed E-state index contributed by atoms with van der Waals surface area (Å²) in [4.78, 5) is 11.0. The van der Waals surface area contributed by atoms with Crippen LogP contribution in [0.1, 0.15) is 49.9 Å². The fraction of sp³-hybridized carbons (Fsp3) is 0.250. The topological polar surface area (TPSA) is 107 Å². The monoisotopic (exact) mass is 573 g/mol. The van der Waals surface area contributed by atoms with Gasteiger partial charge in [-0.2, -0.15) is 0 Å². The highest BCUT2D eigenvalue weighted by molar-refractivity contribution is 6.30. The first-order chi connectivity index (χ1) is 19.4. The molecule has 0 aliphatic rings. The molecule has 0 aliphatic heterocycles. The Morgan fingerprint density at radius 3 is 1.76 bits per heavy atom. The first-order valence-electron chi connectivity index (χ1n) is 12.9. The number of hydrogen-bond acceptors (Lipinski definition) is 7. The average Bonchev–Trinajstić information content (AvgIpc) is 2.96. The van der Waals surface area contributed by atoms with E-state index >= 15 is 0 Å². The molecule has 4 aromatic carbocycles. The van der Waals surface area contributed by atoms with Gasteiger partial charge in [0.05, 0.1) is 19.1 Å². The summed E-state index contributed by atoms with van der Waals surface area (Å²) in [6.45, 7) is 8.18. The number of azo groups is 1. The number of rotatable bonds is 9. The van der Waals surface area contributed by atoms with Gasteiger partial charge in [-0.3, -0.25) is 10.1 Å². The van der Waals surface area contributed by atoms with E-state index in [9.17, 15) is 15.2 Å². The smallest absolute Gasteiger partial charge is 0.296 e. The van der Waals surface area contributed by atoms with Crippen molar-refractivity contribution in [3.05, 3.63) is 116 Å². The number of ether oxygens (including phenoxy) is 2. The SMILES string of the molecule is COc1ccc(C(C)(C)c2cc(/N=N/c3cc(Cl)ccc3[N+](=O)[O-])c(O)c(C(C)(C)c3ccc(OC)cc3)c2)cc1. The Balaban J connectivity index is 1.92. The predicted octanol–water partition coefficient (Wildman–Crippen LogP) is 9.04. The van der Waals surface area contributed by atoms with Crippen LogP contribution in [-0.2, 0) is 10.8 Å². The molecule has 0 aliphatic carbocycles. The lowest BCUT2D eigenvalue weighted by molar-refractivity contribution is -0.384. The molecule has 0 saturated heterocycles. The quantitative estimate of drug-likeness (QED) is 0.122. The maximum atomic E-state index is 11.6. The van der Waals surface area contributed by atoms with Crippen molar-refractivity contribution in [2.75, 3.05) is 14.2 Å². The lowest BCUT2D eigenvalue weighted by Gasteiger charge is -2.32. The number of phenolic OH excluding ortho intramolecular Hbond substituents is 1. The number of nitro groups is 1. The van der Waals surface area contributed by atoms with E-state index in [0.717, 1.165) is 28.2 Å². The summed E-state index contributed by atoms with van der Waals surface area (Å²) < 4.78 is 10.7. The molecule has 8 nitrogen and oxygen atoms in total. The van der Waals surface area contributed by atoms with Gasteiger partial charge >= 0.3 is 0 Å². The van der Waals surface area contributed by atoms with Crippen LogP contribution in [0.5, 0.6) is 17.2 Å². The fourth-order valence-electron chi connectivity index (χ4n) is 4.71. The molecule has 0 bridgehead atoms. The first kappa shape index (κ1) is 29.6. The maximum Gasteiger partial charge on any atom is 0.296 e. The molecule has 0 atom stereocenters. The largest absolute Gasteiger partial charge is 0.505 e. The van der Waals surface area contributed by atoms with Gasteiger partial charge in [0.25, 0.3) is 5.69 Å². The van der Waals surface area contributed by atoms with Crippen LogP contribution in [0.4, 0.5) is 17.1 Å². The van der Waals surface area contributed by atoms with Crippen molar-refractivity contribution in [2.45, 2.75) is 38.5 Å². The van der Waals surface area contributed by atoms with E-state index in [1.165, 1.54) is 18.2 Å². The normalized spacial score (nSPS) is 12.0. The third-order valence-electron chi connectivity index (χ3n) is 7.51. The van der Waals surface area contributed by atoms with Crippen LogP contribution >= 0.6 is 11.6 Å². The van der Waals surface area contributed by atoms with Crippen molar-refractivity contribution in [1.29, 1.82) is 0 Å². The second-order valence-electron chi connectivity index (χ2n) is 10.7. The summed E-state index contributed by atoms with van der Waals surface area (Å²) in [5, 5.41) is 31.9. The van der Waals surface area contributed by atoms with Gasteiger partial charge < -0.3 is 14.6 Å². The molecule has 0 spiro atoms. The summed E-state index contributed by atoms with van der Waals surface area (Å²) in [7, 11) is 3.23. The summed E-state index contributed by atoms with van der Waals surface area (Å²) in [6, 6.07) is 23.2. The van der Waals surface area contributed by atoms with Crippen molar-refractivity contribution in [3.8, 4) is 17.2 Å². The van der Waals surface area contributed by atoms with E-state index in [2.05, 4.69) is 24.1 Å². The van der Waals surface area contributed by atoms with Crippen LogP contribution in [0.25, 0.3) is 0 Å². The van der Waals surface area contributed by atoms with Crippen molar-refractivity contribution >= 4 is 28.7 Å². The number of nitro benzene ring substituents is 1. The van der Waals surface area contributed by atoms with Crippen molar-refractivity contribution in [2.24, 2.45) is 10.2 Å². The average molecular weight is 574 g/mol. The third-order valence-corrected chi connectivity index (χ3v) is 7.74. The molecule has 0 aromatic heterocycles. The van der Waals surface area contributed by atoms with Crippen molar-refractivity contribution in [3.63, 3.8) is 0 Å². The van der Waals surface area contributed by atoms with E-state index < -0.39 is 15.8 Å². The molecule has 0 saturated carbocycles. The van der Waals surface area contributed by atoms with E-state index in [-0.39, 0.29) is 27.8 Å². The van der Waals surface area contributed by atoms with Gasteiger partial charge in [-0.25, -0.2) is 0 Å². The highest BCUT2D eigenvalue weighted by Crippen LogP contribution is 2.46. The van der Waals surface area contributed by atoms with Gasteiger partial charge in [-0.05, 0) is 59.2 Å². The maximum absolute atomic E-state index is 11.6. The number of hydrogen-bond donors (Lipinski definition) is 1. The third kappa shape index (κ3) is 6.02. The molecule has 4 aromatic rings. The summed E-state index contributed by atoms with van der Waals surface area (Å²) in [5.74, 6) is 1.39. The van der Waals surface area contributed by atoms with Gasteiger partial charge in [-0.1, -0.05) is 69.6 Å². The van der Waals surface area contributed by atoms with Crippen LogP contribution in [0.3, 0.4) is 0 Å². The summed E-state index contributed by atoms with van der Waals surface area (Å²) in [6.07, 6.45) is 0. The van der Waals surface area contributed by atoms with E-state index in [4.69, 9.17) is 21.1 Å². The molecule has 1 N–H and O–H groups in total. The summed E-state index contributed by atoms with van der Waals surface area (Å²) in [5.41, 5.74) is 2.19. The molecular weight excluding hydrogens is 542 g/mol. The Hall–Kier alpha value is -4.43. The van der Waals surface area contributed by atoms with Gasteiger partial charge in [0.15, 0.2) is 5.69 Å². The zero-order chi connectivity index (χ0) is 29.9. The molecule has 4 rings (SSSR count). The number of nitrogens with zero attached hydrogens (tertiary/aromatic N) is 3. The lowest BCUT2D eigenvalue weighted by Crippen LogP contribution is -2.23. The molecule has 0 fully saturated rings. The van der Waals surface area contributed by atoms with Gasteiger partial charge in [0, 0.05) is 27.5 Å². The highest BCUT2D eigenvalue weighted by atomic mass is 35.5. The molecule has 212 valence electrons. The number of aromatic hydroxyl groups is 1. The van der Waals surface area contributed by atoms with Crippen molar-refractivity contribution < 1.29 is 19.5 Å². The zero-order valence-electron chi connectivity index (χ0n) is 23.8. The highest BCUT2D eigenvalue weighted by Gasteiger charge is 2.32. The molecule has 0 heterocycles. The van der Waals surface area contributed by atoms with Crippen LogP contribution in [0.2, 0.25) is 5.02 Å². The van der Waals surface area contributed by atoms with E-state index in [1.807, 2.05) is 68.4 Å². The van der Waals surface area contributed by atoms with Crippen LogP contribution < -0.4 is 9.47 Å². The Morgan fingerprint density at radius 1 is 0.732 bits per heavy atom. The van der Waals surface area contributed by atoms with Gasteiger partial charge in [0.2, 0.25) is 0 Å². The second kappa shape index (κ2) is 11.6. The molecule has 41 heavy (non-hydrogen) atoms. The Bertz CT molecular complexity index is 1600. The summed E-state index contributed by atoms with van der Waals surface area (Å²) >= 11 is 6.09. The number of methoxy groups -OCH3 is 2. The standard InChI is InChI=1S/C32H32ClN3O5/c1-31(2,20-7-12-24(40-5)13-8-20)22-17-26(32(3,4)21-9-14-25(41-6)15-10-21)30(37)28(18-22)35-34-27-19-23(33)11-16-29(27)36(38)39/h7-19,37H,1-6H3/b35-34+. The minimum atomic E-state index is -0.658. The molecule has 0 radical (unpaired) electrons. The minimum Gasteiger partial charge on any atom is -0.505 e. The Labute approximate surface area is 244 Å². The lowest BCUT2D eigenvalue weighted by atomic mass is 9.72. The number of halogens is 1. The van der Waals surface area contributed by atoms with E-state index in [0.29, 0.717) is 5.56 Å². The number of phenols is 1. The van der Waals surface area contributed by atoms with Gasteiger partial charge in [0.1, 0.15) is 22.9 Å². The molecule has 0 amide bonds. The Kier molecular flexibility index (Phi) is 8.35. The molecule has 0 unspecified atom stereocenters. The minimum absolute atomic E-state index is 0.0160. The second-order valence-corrected chi connectivity index (χ2v) is 11.1.